The zero-order valence-electron chi connectivity index (χ0n) is 13.5. The minimum absolute atomic E-state index is 0.440. The molecule has 1 aromatic carbocycles. The van der Waals surface area contributed by atoms with E-state index in [0.29, 0.717) is 19.1 Å². The maximum Gasteiger partial charge on any atom is 0.122 e. The number of ether oxygens (including phenoxy) is 3. The fourth-order valence-electron chi connectivity index (χ4n) is 2.43. The van der Waals surface area contributed by atoms with Crippen LogP contribution in [0.15, 0.2) is 22.7 Å². The van der Waals surface area contributed by atoms with Crippen LogP contribution in [0.25, 0.3) is 0 Å². The third-order valence-electron chi connectivity index (χ3n) is 3.73. The van der Waals surface area contributed by atoms with Crippen LogP contribution < -0.4 is 4.74 Å². The predicted molar refractivity (Wildman–Crippen MR) is 91.8 cm³/mol. The molecule has 4 nitrogen and oxygen atoms in total. The molecule has 1 aromatic rings. The average molecular weight is 372 g/mol. The van der Waals surface area contributed by atoms with Gasteiger partial charge in [0.05, 0.1) is 26.4 Å². The van der Waals surface area contributed by atoms with E-state index in [1.165, 1.54) is 5.56 Å². The SMILES string of the molecule is CC(C)c1cc(Br)ccc1OCCOCCN1CCOCC1. The van der Waals surface area contributed by atoms with Crippen molar-refractivity contribution in [2.24, 2.45) is 0 Å². The van der Waals surface area contributed by atoms with Crippen LogP contribution in [0.5, 0.6) is 5.75 Å². The molecule has 1 fully saturated rings. The number of hydrogen-bond acceptors (Lipinski definition) is 4. The van der Waals surface area contributed by atoms with Gasteiger partial charge in [-0.05, 0) is 29.7 Å². The van der Waals surface area contributed by atoms with Crippen LogP contribution in [0.1, 0.15) is 25.3 Å². The Morgan fingerprint density at radius 1 is 1.18 bits per heavy atom. The number of rotatable bonds is 8. The van der Waals surface area contributed by atoms with Gasteiger partial charge in [-0.15, -0.1) is 0 Å². The van der Waals surface area contributed by atoms with E-state index in [0.717, 1.165) is 49.7 Å². The first kappa shape index (κ1) is 17.7. The predicted octanol–water partition coefficient (Wildman–Crippen LogP) is 3.30. The van der Waals surface area contributed by atoms with Crippen molar-refractivity contribution in [3.05, 3.63) is 28.2 Å². The molecule has 0 saturated carbocycles. The molecule has 1 saturated heterocycles. The monoisotopic (exact) mass is 371 g/mol. The maximum absolute atomic E-state index is 5.87. The van der Waals surface area contributed by atoms with E-state index in [1.54, 1.807) is 0 Å². The van der Waals surface area contributed by atoms with Crippen molar-refractivity contribution in [1.82, 2.24) is 4.90 Å². The molecule has 1 aliphatic heterocycles. The lowest BCUT2D eigenvalue weighted by Crippen LogP contribution is -2.38. The molecule has 5 heteroatoms. The topological polar surface area (TPSA) is 30.9 Å². The quantitative estimate of drug-likeness (QED) is 0.656. The van der Waals surface area contributed by atoms with E-state index >= 15 is 0 Å². The lowest BCUT2D eigenvalue weighted by Gasteiger charge is -2.26. The number of morpholine rings is 1. The van der Waals surface area contributed by atoms with Gasteiger partial charge in [-0.3, -0.25) is 4.90 Å². The number of hydrogen-bond donors (Lipinski definition) is 0. The Kier molecular flexibility index (Phi) is 7.66. The van der Waals surface area contributed by atoms with Crippen molar-refractivity contribution < 1.29 is 14.2 Å². The van der Waals surface area contributed by atoms with Gasteiger partial charge in [-0.25, -0.2) is 0 Å². The summed E-state index contributed by atoms with van der Waals surface area (Å²) in [5, 5.41) is 0. The first-order valence-corrected chi connectivity index (χ1v) is 8.76. The first-order valence-electron chi connectivity index (χ1n) is 7.97. The second-order valence-corrected chi connectivity index (χ2v) is 6.67. The molecule has 0 N–H and O–H groups in total. The summed E-state index contributed by atoms with van der Waals surface area (Å²) in [6.07, 6.45) is 0. The van der Waals surface area contributed by atoms with Gasteiger partial charge in [0.15, 0.2) is 0 Å². The summed E-state index contributed by atoms with van der Waals surface area (Å²) in [6, 6.07) is 6.16. The zero-order chi connectivity index (χ0) is 15.8. The fourth-order valence-corrected chi connectivity index (χ4v) is 2.81. The molecule has 124 valence electrons. The summed E-state index contributed by atoms with van der Waals surface area (Å²) in [7, 11) is 0. The first-order chi connectivity index (χ1) is 10.7. The normalized spacial score (nSPS) is 16.2. The second kappa shape index (κ2) is 9.50. The number of benzene rings is 1. The Bertz CT molecular complexity index is 448. The minimum atomic E-state index is 0.440. The Hall–Kier alpha value is -0.620. The summed E-state index contributed by atoms with van der Waals surface area (Å²) in [6.45, 7) is 11.0. The fraction of sp³-hybridized carbons (Fsp3) is 0.647. The Morgan fingerprint density at radius 3 is 2.68 bits per heavy atom. The molecule has 0 radical (unpaired) electrons. The van der Waals surface area contributed by atoms with Crippen LogP contribution in [0.3, 0.4) is 0 Å². The summed E-state index contributed by atoms with van der Waals surface area (Å²) < 4.78 is 17.9. The highest BCUT2D eigenvalue weighted by Gasteiger charge is 2.10. The smallest absolute Gasteiger partial charge is 0.122 e. The van der Waals surface area contributed by atoms with E-state index in [9.17, 15) is 0 Å². The molecule has 0 aromatic heterocycles. The molecule has 1 aliphatic rings. The van der Waals surface area contributed by atoms with Crippen LogP contribution in [0, 0.1) is 0 Å². The highest BCUT2D eigenvalue weighted by Crippen LogP contribution is 2.29. The van der Waals surface area contributed by atoms with Crippen LogP contribution in [-0.4, -0.2) is 57.6 Å². The Balaban J connectivity index is 1.64. The summed E-state index contributed by atoms with van der Waals surface area (Å²) >= 11 is 3.51. The van der Waals surface area contributed by atoms with E-state index < -0.39 is 0 Å². The van der Waals surface area contributed by atoms with E-state index in [-0.39, 0.29) is 0 Å². The lowest BCUT2D eigenvalue weighted by atomic mass is 10.0. The summed E-state index contributed by atoms with van der Waals surface area (Å²) in [4.78, 5) is 2.37. The van der Waals surface area contributed by atoms with Crippen LogP contribution in [-0.2, 0) is 9.47 Å². The molecule has 0 amide bonds. The number of halogens is 1. The van der Waals surface area contributed by atoms with Crippen molar-refractivity contribution >= 4 is 15.9 Å². The summed E-state index contributed by atoms with van der Waals surface area (Å²) in [5.41, 5.74) is 1.22. The van der Waals surface area contributed by atoms with E-state index in [1.807, 2.05) is 12.1 Å². The minimum Gasteiger partial charge on any atom is -0.491 e. The van der Waals surface area contributed by atoms with Crippen molar-refractivity contribution in [2.75, 3.05) is 52.7 Å². The van der Waals surface area contributed by atoms with Gasteiger partial charge in [0.2, 0.25) is 0 Å². The lowest BCUT2D eigenvalue weighted by molar-refractivity contribution is 0.0170. The molecule has 0 spiro atoms. The van der Waals surface area contributed by atoms with Gasteiger partial charge in [-0.2, -0.15) is 0 Å². The molecule has 2 rings (SSSR count). The second-order valence-electron chi connectivity index (χ2n) is 5.75. The van der Waals surface area contributed by atoms with Crippen molar-refractivity contribution in [3.8, 4) is 5.75 Å². The van der Waals surface area contributed by atoms with Crippen molar-refractivity contribution in [3.63, 3.8) is 0 Å². The molecule has 0 aliphatic carbocycles. The van der Waals surface area contributed by atoms with Crippen molar-refractivity contribution in [2.45, 2.75) is 19.8 Å². The third-order valence-corrected chi connectivity index (χ3v) is 4.23. The van der Waals surface area contributed by atoms with E-state index in [2.05, 4.69) is 40.7 Å². The van der Waals surface area contributed by atoms with Gasteiger partial charge >= 0.3 is 0 Å². The molecule has 1 heterocycles. The largest absolute Gasteiger partial charge is 0.491 e. The highest BCUT2D eigenvalue weighted by atomic mass is 79.9. The zero-order valence-corrected chi connectivity index (χ0v) is 15.1. The van der Waals surface area contributed by atoms with Gasteiger partial charge in [0.25, 0.3) is 0 Å². The third kappa shape index (κ3) is 5.88. The molecule has 0 unspecified atom stereocenters. The van der Waals surface area contributed by atoms with Crippen LogP contribution in [0.4, 0.5) is 0 Å². The van der Waals surface area contributed by atoms with Gasteiger partial charge in [0, 0.05) is 24.1 Å². The average Bonchev–Trinajstić information content (AvgIpc) is 2.52. The number of nitrogens with zero attached hydrogens (tertiary/aromatic N) is 1. The van der Waals surface area contributed by atoms with Crippen LogP contribution >= 0.6 is 15.9 Å². The van der Waals surface area contributed by atoms with Gasteiger partial charge < -0.3 is 14.2 Å². The molecule has 0 bridgehead atoms. The van der Waals surface area contributed by atoms with E-state index in [4.69, 9.17) is 14.2 Å². The Labute approximate surface area is 141 Å². The van der Waals surface area contributed by atoms with Crippen LogP contribution in [0.2, 0.25) is 0 Å². The van der Waals surface area contributed by atoms with Gasteiger partial charge in [0.1, 0.15) is 12.4 Å². The highest BCUT2D eigenvalue weighted by molar-refractivity contribution is 9.10. The molecule has 22 heavy (non-hydrogen) atoms. The van der Waals surface area contributed by atoms with Crippen molar-refractivity contribution in [1.29, 1.82) is 0 Å². The molecular weight excluding hydrogens is 346 g/mol. The molecular formula is C17H26BrNO3. The molecule has 0 atom stereocenters. The Morgan fingerprint density at radius 2 is 1.95 bits per heavy atom. The van der Waals surface area contributed by atoms with Gasteiger partial charge in [-0.1, -0.05) is 29.8 Å². The standard InChI is InChI=1S/C17H26BrNO3/c1-14(2)16-13-15(18)3-4-17(16)22-12-11-21-10-7-19-5-8-20-9-6-19/h3-4,13-14H,5-12H2,1-2H3. The summed E-state index contributed by atoms with van der Waals surface area (Å²) in [5.74, 6) is 1.39. The maximum atomic E-state index is 5.87.